The quantitative estimate of drug-likeness (QED) is 0.872. The van der Waals surface area contributed by atoms with Crippen LogP contribution in [0.15, 0.2) is 24.3 Å². The summed E-state index contributed by atoms with van der Waals surface area (Å²) >= 11 is 0. The topological polar surface area (TPSA) is 55.6 Å². The standard InChI is InChI=1S/C14H20N2O2/c1-18-10-12-6-7-16(9-12)14(17)13-4-2-11(8-15)3-5-13/h2-5,12H,6-10,15H2,1H3. The Kier molecular flexibility index (Phi) is 4.33. The maximum Gasteiger partial charge on any atom is 0.253 e. The Labute approximate surface area is 108 Å². The molecule has 4 nitrogen and oxygen atoms in total. The Hall–Kier alpha value is -1.39. The van der Waals surface area contributed by atoms with E-state index in [1.54, 1.807) is 7.11 Å². The molecule has 1 unspecified atom stereocenters. The molecule has 1 saturated heterocycles. The molecule has 1 aliphatic heterocycles. The lowest BCUT2D eigenvalue weighted by molar-refractivity contribution is 0.0775. The third-order valence-corrected chi connectivity index (χ3v) is 3.41. The van der Waals surface area contributed by atoms with Gasteiger partial charge in [0.05, 0.1) is 6.61 Å². The van der Waals surface area contributed by atoms with Crippen LogP contribution in [-0.2, 0) is 11.3 Å². The Morgan fingerprint density at radius 2 is 2.17 bits per heavy atom. The Morgan fingerprint density at radius 3 is 2.78 bits per heavy atom. The van der Waals surface area contributed by atoms with Crippen molar-refractivity contribution in [1.29, 1.82) is 0 Å². The van der Waals surface area contributed by atoms with Gasteiger partial charge in [0, 0.05) is 38.2 Å². The molecule has 1 aromatic rings. The van der Waals surface area contributed by atoms with Gasteiger partial charge in [-0.05, 0) is 24.1 Å². The van der Waals surface area contributed by atoms with Gasteiger partial charge < -0.3 is 15.4 Å². The minimum absolute atomic E-state index is 0.108. The number of ether oxygens (including phenoxy) is 1. The van der Waals surface area contributed by atoms with Gasteiger partial charge >= 0.3 is 0 Å². The van der Waals surface area contributed by atoms with E-state index in [4.69, 9.17) is 10.5 Å². The fraction of sp³-hybridized carbons (Fsp3) is 0.500. The molecule has 2 rings (SSSR count). The Morgan fingerprint density at radius 1 is 1.44 bits per heavy atom. The van der Waals surface area contributed by atoms with Crippen molar-refractivity contribution in [3.63, 3.8) is 0 Å². The van der Waals surface area contributed by atoms with E-state index in [9.17, 15) is 4.79 Å². The predicted octanol–water partition coefficient (Wildman–Crippen LogP) is 1.25. The first-order chi connectivity index (χ1) is 8.74. The van der Waals surface area contributed by atoms with Crippen molar-refractivity contribution in [1.82, 2.24) is 4.90 Å². The van der Waals surface area contributed by atoms with Crippen LogP contribution < -0.4 is 5.73 Å². The zero-order chi connectivity index (χ0) is 13.0. The summed E-state index contributed by atoms with van der Waals surface area (Å²) in [5, 5.41) is 0. The summed E-state index contributed by atoms with van der Waals surface area (Å²) in [6, 6.07) is 7.54. The number of methoxy groups -OCH3 is 1. The number of benzene rings is 1. The van der Waals surface area contributed by atoms with Crippen LogP contribution in [-0.4, -0.2) is 37.6 Å². The Bertz CT molecular complexity index is 403. The molecule has 0 bridgehead atoms. The normalized spacial score (nSPS) is 19.2. The fourth-order valence-corrected chi connectivity index (χ4v) is 2.35. The van der Waals surface area contributed by atoms with E-state index in [2.05, 4.69) is 0 Å². The fourth-order valence-electron chi connectivity index (χ4n) is 2.35. The van der Waals surface area contributed by atoms with Crippen LogP contribution in [0.4, 0.5) is 0 Å². The number of hydrogen-bond donors (Lipinski definition) is 1. The number of hydrogen-bond acceptors (Lipinski definition) is 3. The van der Waals surface area contributed by atoms with E-state index in [1.807, 2.05) is 29.2 Å². The second-order valence-electron chi connectivity index (χ2n) is 4.76. The summed E-state index contributed by atoms with van der Waals surface area (Å²) in [5.74, 6) is 0.583. The predicted molar refractivity (Wildman–Crippen MR) is 70.2 cm³/mol. The Balaban J connectivity index is 1.98. The van der Waals surface area contributed by atoms with E-state index in [0.717, 1.165) is 37.2 Å². The molecule has 1 aromatic carbocycles. The number of likely N-dealkylation sites (tertiary alicyclic amines) is 1. The van der Waals surface area contributed by atoms with Crippen LogP contribution in [0.3, 0.4) is 0 Å². The minimum atomic E-state index is 0.108. The molecule has 18 heavy (non-hydrogen) atoms. The summed E-state index contributed by atoms with van der Waals surface area (Å²) in [4.78, 5) is 14.2. The molecule has 1 amide bonds. The van der Waals surface area contributed by atoms with E-state index in [1.165, 1.54) is 0 Å². The highest BCUT2D eigenvalue weighted by Crippen LogP contribution is 2.19. The summed E-state index contributed by atoms with van der Waals surface area (Å²) < 4.78 is 5.14. The van der Waals surface area contributed by atoms with Crippen molar-refractivity contribution in [2.24, 2.45) is 11.7 Å². The van der Waals surface area contributed by atoms with Crippen molar-refractivity contribution < 1.29 is 9.53 Å². The molecular weight excluding hydrogens is 228 g/mol. The lowest BCUT2D eigenvalue weighted by Gasteiger charge is -2.16. The number of amides is 1. The molecule has 0 aromatic heterocycles. The zero-order valence-electron chi connectivity index (χ0n) is 10.8. The van der Waals surface area contributed by atoms with Gasteiger partial charge in [-0.3, -0.25) is 4.79 Å². The molecule has 1 heterocycles. The molecule has 0 saturated carbocycles. The first-order valence-electron chi connectivity index (χ1n) is 6.32. The average molecular weight is 248 g/mol. The van der Waals surface area contributed by atoms with Crippen molar-refractivity contribution in [2.75, 3.05) is 26.8 Å². The summed E-state index contributed by atoms with van der Waals surface area (Å²) in [6.45, 7) is 2.86. The number of carbonyl (C=O) groups excluding carboxylic acids is 1. The first-order valence-corrected chi connectivity index (χ1v) is 6.32. The van der Waals surface area contributed by atoms with Gasteiger partial charge in [0.2, 0.25) is 0 Å². The lowest BCUT2D eigenvalue weighted by Crippen LogP contribution is -2.29. The van der Waals surface area contributed by atoms with Gasteiger partial charge in [0.1, 0.15) is 0 Å². The molecule has 1 fully saturated rings. The molecule has 98 valence electrons. The summed E-state index contributed by atoms with van der Waals surface area (Å²) in [5.41, 5.74) is 7.33. The van der Waals surface area contributed by atoms with Crippen molar-refractivity contribution in [3.05, 3.63) is 35.4 Å². The molecule has 1 atom stereocenters. The van der Waals surface area contributed by atoms with Gasteiger partial charge in [-0.1, -0.05) is 12.1 Å². The highest BCUT2D eigenvalue weighted by molar-refractivity contribution is 5.94. The van der Waals surface area contributed by atoms with Gasteiger partial charge in [-0.25, -0.2) is 0 Å². The van der Waals surface area contributed by atoms with Gasteiger partial charge in [0.25, 0.3) is 5.91 Å². The molecule has 2 N–H and O–H groups in total. The smallest absolute Gasteiger partial charge is 0.253 e. The second-order valence-corrected chi connectivity index (χ2v) is 4.76. The molecule has 4 heteroatoms. The van der Waals surface area contributed by atoms with Crippen LogP contribution in [0.1, 0.15) is 22.3 Å². The number of rotatable bonds is 4. The molecule has 0 radical (unpaired) electrons. The largest absolute Gasteiger partial charge is 0.384 e. The zero-order valence-corrected chi connectivity index (χ0v) is 10.8. The molecule has 0 spiro atoms. The van der Waals surface area contributed by atoms with Crippen molar-refractivity contribution >= 4 is 5.91 Å². The second kappa shape index (κ2) is 5.98. The average Bonchev–Trinajstić information content (AvgIpc) is 2.87. The number of carbonyl (C=O) groups is 1. The molecule has 1 aliphatic rings. The highest BCUT2D eigenvalue weighted by Gasteiger charge is 2.26. The van der Waals surface area contributed by atoms with Gasteiger partial charge in [-0.15, -0.1) is 0 Å². The van der Waals surface area contributed by atoms with Crippen LogP contribution in [0.2, 0.25) is 0 Å². The van der Waals surface area contributed by atoms with Crippen LogP contribution in [0.25, 0.3) is 0 Å². The van der Waals surface area contributed by atoms with Crippen molar-refractivity contribution in [3.8, 4) is 0 Å². The van der Waals surface area contributed by atoms with E-state index in [-0.39, 0.29) is 5.91 Å². The summed E-state index contributed by atoms with van der Waals surface area (Å²) in [6.07, 6.45) is 1.03. The SMILES string of the molecule is COCC1CCN(C(=O)c2ccc(CN)cc2)C1. The number of nitrogens with two attached hydrogens (primary N) is 1. The maximum atomic E-state index is 12.3. The van der Waals surface area contributed by atoms with Gasteiger partial charge in [-0.2, -0.15) is 0 Å². The van der Waals surface area contributed by atoms with Crippen LogP contribution in [0, 0.1) is 5.92 Å². The van der Waals surface area contributed by atoms with Crippen LogP contribution in [0.5, 0.6) is 0 Å². The highest BCUT2D eigenvalue weighted by atomic mass is 16.5. The third kappa shape index (κ3) is 2.89. The lowest BCUT2D eigenvalue weighted by atomic mass is 10.1. The summed E-state index contributed by atoms with van der Waals surface area (Å²) in [7, 11) is 1.70. The van der Waals surface area contributed by atoms with Crippen LogP contribution >= 0.6 is 0 Å². The van der Waals surface area contributed by atoms with E-state index in [0.29, 0.717) is 12.5 Å². The third-order valence-electron chi connectivity index (χ3n) is 3.41. The van der Waals surface area contributed by atoms with Gasteiger partial charge in [0.15, 0.2) is 0 Å². The van der Waals surface area contributed by atoms with E-state index >= 15 is 0 Å². The number of nitrogens with zero attached hydrogens (tertiary/aromatic N) is 1. The van der Waals surface area contributed by atoms with E-state index < -0.39 is 0 Å². The minimum Gasteiger partial charge on any atom is -0.384 e. The monoisotopic (exact) mass is 248 g/mol. The molecule has 0 aliphatic carbocycles. The maximum absolute atomic E-state index is 12.3. The van der Waals surface area contributed by atoms with Crippen molar-refractivity contribution in [2.45, 2.75) is 13.0 Å². The molecular formula is C14H20N2O2. The first kappa shape index (κ1) is 13.1.